The lowest BCUT2D eigenvalue weighted by atomic mass is 10.2. The van der Waals surface area contributed by atoms with Crippen LogP contribution in [0.5, 0.6) is 5.75 Å². The molecular weight excluding hydrogens is 396 g/mol. The van der Waals surface area contributed by atoms with Crippen molar-refractivity contribution in [3.05, 3.63) is 52.6 Å². The van der Waals surface area contributed by atoms with Gasteiger partial charge in [0, 0.05) is 4.90 Å². The summed E-state index contributed by atoms with van der Waals surface area (Å²) in [5.41, 5.74) is 0.496. The van der Waals surface area contributed by atoms with Crippen LogP contribution in [-0.2, 0) is 9.59 Å². The Morgan fingerprint density at radius 3 is 2.31 bits per heavy atom. The van der Waals surface area contributed by atoms with Gasteiger partial charge in [-0.25, -0.2) is 0 Å². The highest BCUT2D eigenvalue weighted by molar-refractivity contribution is 7.98. The molecule has 2 N–H and O–H groups in total. The quantitative estimate of drug-likeness (QED) is 0.366. The zero-order chi connectivity index (χ0) is 21.4. The van der Waals surface area contributed by atoms with E-state index >= 15 is 0 Å². The van der Waals surface area contributed by atoms with Gasteiger partial charge in [-0.2, -0.15) is 0 Å². The summed E-state index contributed by atoms with van der Waals surface area (Å²) in [6, 6.07) is 11.6. The average molecular weight is 418 g/mol. The number of benzene rings is 2. The molecule has 2 amide bonds. The molecule has 0 aromatic heterocycles. The Balaban J connectivity index is 1.94. The van der Waals surface area contributed by atoms with E-state index in [2.05, 4.69) is 10.6 Å². The summed E-state index contributed by atoms with van der Waals surface area (Å²) >= 11 is 1.52. The molecule has 0 atom stereocenters. The molecule has 0 bridgehead atoms. The van der Waals surface area contributed by atoms with Crippen LogP contribution in [0.1, 0.15) is 0 Å². The third-order valence-corrected chi connectivity index (χ3v) is 4.68. The third-order valence-electron chi connectivity index (χ3n) is 3.88. The molecule has 0 aliphatic rings. The first kappa shape index (κ1) is 22.2. The van der Waals surface area contributed by atoms with E-state index < -0.39 is 10.8 Å². The van der Waals surface area contributed by atoms with Gasteiger partial charge in [0.2, 0.25) is 11.8 Å². The molecule has 2 aromatic carbocycles. The second-order valence-corrected chi connectivity index (χ2v) is 6.96. The summed E-state index contributed by atoms with van der Waals surface area (Å²) in [6.45, 7) is -0.123. The number of likely N-dealkylation sites (N-methyl/N-ethyl adjacent to an activating group) is 1. The number of anilines is 2. The number of carbonyl (C=O) groups is 2. The van der Waals surface area contributed by atoms with Gasteiger partial charge in [-0.05, 0) is 37.6 Å². The van der Waals surface area contributed by atoms with E-state index in [0.29, 0.717) is 11.4 Å². The van der Waals surface area contributed by atoms with Gasteiger partial charge in [0.05, 0.1) is 36.9 Å². The van der Waals surface area contributed by atoms with Crippen molar-refractivity contribution in [3.63, 3.8) is 0 Å². The molecule has 29 heavy (non-hydrogen) atoms. The first-order valence-corrected chi connectivity index (χ1v) is 9.80. The number of para-hydroxylation sites is 1. The molecule has 0 unspecified atom stereocenters. The van der Waals surface area contributed by atoms with E-state index in [1.54, 1.807) is 13.1 Å². The molecule has 2 rings (SSSR count). The first-order valence-electron chi connectivity index (χ1n) is 8.57. The van der Waals surface area contributed by atoms with Crippen LogP contribution in [0.15, 0.2) is 47.4 Å². The molecule has 0 saturated heterocycles. The Hall–Kier alpha value is -3.11. The number of hydrogen-bond acceptors (Lipinski definition) is 7. The average Bonchev–Trinajstić information content (AvgIpc) is 2.68. The van der Waals surface area contributed by atoms with Gasteiger partial charge in [-0.15, -0.1) is 11.8 Å². The predicted molar refractivity (Wildman–Crippen MR) is 113 cm³/mol. The highest BCUT2D eigenvalue weighted by Gasteiger charge is 2.18. The number of nitro groups is 1. The Morgan fingerprint density at radius 1 is 1.10 bits per heavy atom. The number of methoxy groups -OCH3 is 1. The number of rotatable bonds is 9. The summed E-state index contributed by atoms with van der Waals surface area (Å²) in [4.78, 5) is 37.6. The fourth-order valence-electron chi connectivity index (χ4n) is 2.57. The normalized spacial score (nSPS) is 10.5. The zero-order valence-electron chi connectivity index (χ0n) is 16.3. The van der Waals surface area contributed by atoms with E-state index in [9.17, 15) is 19.7 Å². The number of nitro benzene ring substituents is 1. The fraction of sp³-hybridized carbons (Fsp3) is 0.263. The Kier molecular flexibility index (Phi) is 7.98. The van der Waals surface area contributed by atoms with Crippen LogP contribution in [0.4, 0.5) is 17.1 Å². The van der Waals surface area contributed by atoms with Crippen LogP contribution in [0.3, 0.4) is 0 Å². The molecule has 0 heterocycles. The van der Waals surface area contributed by atoms with Crippen molar-refractivity contribution < 1.29 is 19.2 Å². The van der Waals surface area contributed by atoms with Crippen LogP contribution < -0.4 is 15.4 Å². The minimum absolute atomic E-state index is 0.0131. The van der Waals surface area contributed by atoms with Crippen molar-refractivity contribution in [2.75, 3.05) is 44.1 Å². The fourth-order valence-corrected chi connectivity index (χ4v) is 3.12. The van der Waals surface area contributed by atoms with E-state index in [1.807, 2.05) is 24.5 Å². The summed E-state index contributed by atoms with van der Waals surface area (Å²) in [5.74, 6) is -0.427. The van der Waals surface area contributed by atoms with Crippen LogP contribution in [-0.4, -0.2) is 55.1 Å². The van der Waals surface area contributed by atoms with Crippen molar-refractivity contribution in [2.45, 2.75) is 4.90 Å². The second kappa shape index (κ2) is 10.4. The number of amides is 2. The van der Waals surface area contributed by atoms with Gasteiger partial charge in [-0.1, -0.05) is 12.1 Å². The molecule has 0 aliphatic carbocycles. The van der Waals surface area contributed by atoms with Crippen LogP contribution in [0, 0.1) is 10.1 Å². The monoisotopic (exact) mass is 418 g/mol. The van der Waals surface area contributed by atoms with Gasteiger partial charge >= 0.3 is 0 Å². The van der Waals surface area contributed by atoms with E-state index in [0.717, 1.165) is 4.90 Å². The number of carbonyl (C=O) groups excluding carboxylic acids is 2. The Labute approximate surface area is 172 Å². The number of ether oxygens (including phenoxy) is 1. The smallest absolute Gasteiger partial charge is 0.296 e. The second-order valence-electron chi connectivity index (χ2n) is 6.11. The summed E-state index contributed by atoms with van der Waals surface area (Å²) in [7, 11) is 3.01. The maximum absolute atomic E-state index is 12.3. The first-order chi connectivity index (χ1) is 13.8. The lowest BCUT2D eigenvalue weighted by molar-refractivity contribution is -0.384. The van der Waals surface area contributed by atoms with Crippen molar-refractivity contribution in [2.24, 2.45) is 0 Å². The number of nitrogens with zero attached hydrogens (tertiary/aromatic N) is 2. The van der Waals surface area contributed by atoms with Crippen molar-refractivity contribution in [1.29, 1.82) is 0 Å². The lowest BCUT2D eigenvalue weighted by Crippen LogP contribution is -2.36. The van der Waals surface area contributed by atoms with Crippen LogP contribution in [0.2, 0.25) is 0 Å². The van der Waals surface area contributed by atoms with Crippen molar-refractivity contribution >= 4 is 40.6 Å². The van der Waals surface area contributed by atoms with E-state index in [-0.39, 0.29) is 30.4 Å². The molecule has 0 fully saturated rings. The van der Waals surface area contributed by atoms with Crippen molar-refractivity contribution in [1.82, 2.24) is 4.90 Å². The van der Waals surface area contributed by atoms with Crippen LogP contribution >= 0.6 is 11.8 Å². The predicted octanol–water partition coefficient (Wildman–Crippen LogP) is 2.83. The van der Waals surface area contributed by atoms with Crippen LogP contribution in [0.25, 0.3) is 0 Å². The zero-order valence-corrected chi connectivity index (χ0v) is 17.1. The van der Waals surface area contributed by atoms with Crippen molar-refractivity contribution in [3.8, 4) is 5.75 Å². The van der Waals surface area contributed by atoms with Gasteiger partial charge in [0.1, 0.15) is 11.4 Å². The molecular formula is C19H22N4O5S. The molecule has 0 radical (unpaired) electrons. The van der Waals surface area contributed by atoms with Gasteiger partial charge < -0.3 is 15.4 Å². The maximum atomic E-state index is 12.3. The largest absolute Gasteiger partial charge is 0.496 e. The third kappa shape index (κ3) is 6.47. The van der Waals surface area contributed by atoms with Gasteiger partial charge in [-0.3, -0.25) is 24.6 Å². The number of hydrogen-bond donors (Lipinski definition) is 2. The summed E-state index contributed by atoms with van der Waals surface area (Å²) in [5, 5.41) is 16.5. The minimum atomic E-state index is -0.599. The number of thioether (sulfide) groups is 1. The van der Waals surface area contributed by atoms with Gasteiger partial charge in [0.15, 0.2) is 0 Å². The molecule has 10 heteroatoms. The SMILES string of the molecule is COc1ccc(NC(=O)CN(C)CC(=O)Nc2ccccc2SC)c([N+](=O)[O-])c1. The molecule has 9 nitrogen and oxygen atoms in total. The van der Waals surface area contributed by atoms with E-state index in [1.165, 1.54) is 42.0 Å². The highest BCUT2D eigenvalue weighted by Crippen LogP contribution is 2.29. The highest BCUT2D eigenvalue weighted by atomic mass is 32.2. The lowest BCUT2D eigenvalue weighted by Gasteiger charge is -2.17. The molecule has 0 saturated carbocycles. The molecule has 154 valence electrons. The Bertz CT molecular complexity index is 906. The topological polar surface area (TPSA) is 114 Å². The summed E-state index contributed by atoms with van der Waals surface area (Å²) in [6.07, 6.45) is 1.92. The molecule has 0 aliphatic heterocycles. The Morgan fingerprint density at radius 2 is 1.72 bits per heavy atom. The summed E-state index contributed by atoms with van der Waals surface area (Å²) < 4.78 is 4.97. The number of nitrogens with one attached hydrogen (secondary N) is 2. The molecule has 2 aromatic rings. The maximum Gasteiger partial charge on any atom is 0.296 e. The van der Waals surface area contributed by atoms with Gasteiger partial charge in [0.25, 0.3) is 5.69 Å². The van der Waals surface area contributed by atoms with E-state index in [4.69, 9.17) is 4.74 Å². The minimum Gasteiger partial charge on any atom is -0.496 e. The standard InChI is InChI=1S/C19H22N4O5S/c1-22(12-19(25)21-15-6-4-5-7-17(15)29-3)11-18(24)20-14-9-8-13(28-2)10-16(14)23(26)27/h4-10H,11-12H2,1-3H3,(H,20,24)(H,21,25). The molecule has 0 spiro atoms.